The predicted molar refractivity (Wildman–Crippen MR) is 104 cm³/mol. The maximum atomic E-state index is 13.9. The fraction of sp³-hybridized carbons (Fsp3) is 0.400. The number of nitrogens with zero attached hydrogens (tertiary/aromatic N) is 2. The summed E-state index contributed by atoms with van der Waals surface area (Å²) in [4.78, 5) is 15.6. The van der Waals surface area contributed by atoms with Crippen molar-refractivity contribution in [2.75, 3.05) is 25.5 Å². The normalized spacial score (nSPS) is 12.7. The van der Waals surface area contributed by atoms with Gasteiger partial charge in [0.15, 0.2) is 11.6 Å². The molecule has 1 aliphatic carbocycles. The number of carbonyl (C=O) groups is 1. The van der Waals surface area contributed by atoms with Gasteiger partial charge < -0.3 is 10.1 Å². The van der Waals surface area contributed by atoms with Crippen LogP contribution in [0.5, 0.6) is 5.75 Å². The highest BCUT2D eigenvalue weighted by Crippen LogP contribution is 2.38. The third-order valence-electron chi connectivity index (χ3n) is 4.72. The van der Waals surface area contributed by atoms with E-state index in [0.29, 0.717) is 23.7 Å². The third kappa shape index (κ3) is 4.29. The van der Waals surface area contributed by atoms with Crippen LogP contribution < -0.4 is 10.1 Å². The highest BCUT2D eigenvalue weighted by molar-refractivity contribution is 7.16. The number of aryl methyl sites for hydroxylation is 1. The zero-order valence-electron chi connectivity index (χ0n) is 15.5. The molecular formula is C20H22FN3O2S. The molecule has 5 nitrogen and oxygen atoms in total. The molecule has 1 heterocycles. The molecule has 0 bridgehead atoms. The van der Waals surface area contributed by atoms with E-state index in [-0.39, 0.29) is 18.2 Å². The quantitative estimate of drug-likeness (QED) is 0.786. The summed E-state index contributed by atoms with van der Waals surface area (Å²) in [5.41, 5.74) is 2.48. The van der Waals surface area contributed by atoms with E-state index in [1.54, 1.807) is 12.1 Å². The maximum Gasteiger partial charge on any atom is 0.239 e. The van der Waals surface area contributed by atoms with Gasteiger partial charge in [-0.05, 0) is 49.1 Å². The Balaban J connectivity index is 1.64. The lowest BCUT2D eigenvalue weighted by atomic mass is 10.1. The summed E-state index contributed by atoms with van der Waals surface area (Å²) < 4.78 is 18.8. The van der Waals surface area contributed by atoms with E-state index < -0.39 is 5.82 Å². The van der Waals surface area contributed by atoms with Gasteiger partial charge in [-0.2, -0.15) is 5.26 Å². The van der Waals surface area contributed by atoms with E-state index in [4.69, 9.17) is 4.74 Å². The summed E-state index contributed by atoms with van der Waals surface area (Å²) in [6, 6.07) is 7.04. The smallest absolute Gasteiger partial charge is 0.239 e. The predicted octanol–water partition coefficient (Wildman–Crippen LogP) is 3.72. The van der Waals surface area contributed by atoms with Crippen LogP contribution in [0.15, 0.2) is 18.2 Å². The average Bonchev–Trinajstić information content (AvgIpc) is 3.21. The van der Waals surface area contributed by atoms with Crippen molar-refractivity contribution in [3.05, 3.63) is 45.6 Å². The van der Waals surface area contributed by atoms with Gasteiger partial charge in [-0.25, -0.2) is 4.39 Å². The number of amides is 1. The van der Waals surface area contributed by atoms with E-state index >= 15 is 0 Å². The van der Waals surface area contributed by atoms with Crippen LogP contribution in [0, 0.1) is 17.1 Å². The summed E-state index contributed by atoms with van der Waals surface area (Å²) in [5, 5.41) is 13.0. The molecule has 1 aromatic heterocycles. The average molecular weight is 387 g/mol. The number of methoxy groups -OCH3 is 1. The van der Waals surface area contributed by atoms with Crippen molar-refractivity contribution in [3.8, 4) is 11.8 Å². The van der Waals surface area contributed by atoms with Crippen molar-refractivity contribution in [3.63, 3.8) is 0 Å². The molecule has 142 valence electrons. The summed E-state index contributed by atoms with van der Waals surface area (Å²) in [6.45, 7) is 3.23. The van der Waals surface area contributed by atoms with Gasteiger partial charge in [0.05, 0.1) is 19.2 Å². The molecule has 0 saturated heterocycles. The van der Waals surface area contributed by atoms with Gasteiger partial charge in [0.1, 0.15) is 11.1 Å². The van der Waals surface area contributed by atoms with Gasteiger partial charge in [0.2, 0.25) is 5.91 Å². The van der Waals surface area contributed by atoms with E-state index in [1.807, 2.05) is 11.8 Å². The number of nitrogens with one attached hydrogen (secondary N) is 1. The Kier molecular flexibility index (Phi) is 6.09. The van der Waals surface area contributed by atoms with Crippen molar-refractivity contribution >= 4 is 22.2 Å². The Bertz CT molecular complexity index is 888. The Morgan fingerprint density at radius 1 is 1.44 bits per heavy atom. The van der Waals surface area contributed by atoms with E-state index in [0.717, 1.165) is 30.4 Å². The molecule has 0 spiro atoms. The zero-order chi connectivity index (χ0) is 19.4. The van der Waals surface area contributed by atoms with Crippen LogP contribution in [0.4, 0.5) is 9.39 Å². The first-order valence-electron chi connectivity index (χ1n) is 8.95. The number of carbonyl (C=O) groups excluding carboxylic acids is 1. The van der Waals surface area contributed by atoms with Crippen LogP contribution in [-0.4, -0.2) is 31.0 Å². The maximum absolute atomic E-state index is 13.9. The van der Waals surface area contributed by atoms with E-state index in [1.165, 1.54) is 29.4 Å². The molecule has 0 unspecified atom stereocenters. The molecule has 0 saturated carbocycles. The van der Waals surface area contributed by atoms with Crippen molar-refractivity contribution in [2.24, 2.45) is 0 Å². The number of fused-ring (bicyclic) bond motifs is 1. The summed E-state index contributed by atoms with van der Waals surface area (Å²) in [5.74, 6) is -0.376. The number of halogens is 1. The molecule has 0 fully saturated rings. The number of thiophene rings is 1. The summed E-state index contributed by atoms with van der Waals surface area (Å²) in [7, 11) is 1.43. The molecular weight excluding hydrogens is 365 g/mol. The van der Waals surface area contributed by atoms with Crippen LogP contribution in [0.2, 0.25) is 0 Å². The van der Waals surface area contributed by atoms with Gasteiger partial charge in [0, 0.05) is 11.4 Å². The van der Waals surface area contributed by atoms with Crippen molar-refractivity contribution < 1.29 is 13.9 Å². The number of anilines is 1. The molecule has 0 radical (unpaired) electrons. The van der Waals surface area contributed by atoms with Crippen molar-refractivity contribution in [2.45, 2.75) is 32.7 Å². The van der Waals surface area contributed by atoms with E-state index in [2.05, 4.69) is 11.4 Å². The lowest BCUT2D eigenvalue weighted by Crippen LogP contribution is -2.32. The molecule has 1 amide bonds. The second-order valence-corrected chi connectivity index (χ2v) is 7.60. The molecule has 1 N–H and O–H groups in total. The molecule has 7 heteroatoms. The first kappa shape index (κ1) is 19.3. The molecule has 27 heavy (non-hydrogen) atoms. The first-order chi connectivity index (χ1) is 13.0. The highest BCUT2D eigenvalue weighted by Gasteiger charge is 2.23. The Morgan fingerprint density at radius 2 is 2.26 bits per heavy atom. The second kappa shape index (κ2) is 8.51. The zero-order valence-corrected chi connectivity index (χ0v) is 16.3. The highest BCUT2D eigenvalue weighted by atomic mass is 32.1. The van der Waals surface area contributed by atoms with Crippen LogP contribution in [0.1, 0.15) is 34.9 Å². The largest absolute Gasteiger partial charge is 0.494 e. The minimum Gasteiger partial charge on any atom is -0.494 e. The van der Waals surface area contributed by atoms with Crippen LogP contribution >= 0.6 is 11.3 Å². The Hall–Kier alpha value is -2.43. The number of hydrogen-bond donors (Lipinski definition) is 1. The minimum absolute atomic E-state index is 0.165. The SMILES string of the molecule is CCN(CC(=O)Nc1sc2c(c1C#N)CCC2)Cc1ccc(OC)c(F)c1. The molecule has 0 atom stereocenters. The lowest BCUT2D eigenvalue weighted by Gasteiger charge is -2.20. The Morgan fingerprint density at radius 3 is 2.93 bits per heavy atom. The number of hydrogen-bond acceptors (Lipinski definition) is 5. The van der Waals surface area contributed by atoms with Crippen molar-refractivity contribution in [1.29, 1.82) is 5.26 Å². The molecule has 2 aromatic rings. The lowest BCUT2D eigenvalue weighted by molar-refractivity contribution is -0.117. The van der Waals surface area contributed by atoms with Crippen LogP contribution in [-0.2, 0) is 24.2 Å². The molecule has 1 aromatic carbocycles. The number of ether oxygens (including phenoxy) is 1. The summed E-state index contributed by atoms with van der Waals surface area (Å²) in [6.07, 6.45) is 2.97. The van der Waals surface area contributed by atoms with E-state index in [9.17, 15) is 14.4 Å². The fourth-order valence-corrected chi connectivity index (χ4v) is 4.58. The van der Waals surface area contributed by atoms with Crippen LogP contribution in [0.25, 0.3) is 0 Å². The standard InChI is InChI=1S/C20H22FN3O2S/c1-3-24(11-13-7-8-17(26-2)16(21)9-13)12-19(25)23-20-15(10-22)14-5-4-6-18(14)27-20/h7-9H,3-6,11-12H2,1-2H3,(H,23,25). The fourth-order valence-electron chi connectivity index (χ4n) is 3.33. The second-order valence-electron chi connectivity index (χ2n) is 6.49. The van der Waals surface area contributed by atoms with Crippen LogP contribution in [0.3, 0.4) is 0 Å². The molecule has 3 rings (SSSR count). The number of rotatable bonds is 7. The van der Waals surface area contributed by atoms with Gasteiger partial charge in [-0.15, -0.1) is 11.3 Å². The minimum atomic E-state index is -0.415. The van der Waals surface area contributed by atoms with Gasteiger partial charge in [-0.1, -0.05) is 13.0 Å². The monoisotopic (exact) mass is 387 g/mol. The topological polar surface area (TPSA) is 65.4 Å². The van der Waals surface area contributed by atoms with Gasteiger partial charge >= 0.3 is 0 Å². The molecule has 1 aliphatic rings. The number of benzene rings is 1. The Labute approximate surface area is 162 Å². The summed E-state index contributed by atoms with van der Waals surface area (Å²) >= 11 is 1.51. The van der Waals surface area contributed by atoms with Crippen molar-refractivity contribution in [1.82, 2.24) is 4.90 Å². The first-order valence-corrected chi connectivity index (χ1v) is 9.76. The number of likely N-dealkylation sites (N-methyl/N-ethyl adjacent to an activating group) is 1. The van der Waals surface area contributed by atoms with Gasteiger partial charge in [-0.3, -0.25) is 9.69 Å². The van der Waals surface area contributed by atoms with Gasteiger partial charge in [0.25, 0.3) is 0 Å². The number of nitriles is 1. The third-order valence-corrected chi connectivity index (χ3v) is 5.93. The molecule has 0 aliphatic heterocycles.